The molecule has 0 radical (unpaired) electrons. The zero-order chi connectivity index (χ0) is 19.8. The molecule has 0 aliphatic carbocycles. The number of rotatable bonds is 8. The van der Waals surface area contributed by atoms with Gasteiger partial charge in [-0.25, -0.2) is 0 Å². The van der Waals surface area contributed by atoms with Crippen molar-refractivity contribution >= 4 is 58.2 Å². The minimum Gasteiger partial charge on any atom is -0.326 e. The van der Waals surface area contributed by atoms with Crippen LogP contribution in [0.5, 0.6) is 0 Å². The molecule has 0 bridgehead atoms. The van der Waals surface area contributed by atoms with Crippen LogP contribution in [-0.4, -0.2) is 17.1 Å². The van der Waals surface area contributed by atoms with E-state index in [1.54, 1.807) is 18.2 Å². The first-order chi connectivity index (χ1) is 12.9. The summed E-state index contributed by atoms with van der Waals surface area (Å²) >= 11 is 13.4. The summed E-state index contributed by atoms with van der Waals surface area (Å²) in [5, 5.41) is 6.28. The van der Waals surface area contributed by atoms with E-state index in [0.29, 0.717) is 22.2 Å². The molecule has 1 atom stereocenters. The molecule has 1 unspecified atom stereocenters. The number of unbranched alkanes of at least 4 members (excludes halogenated alkanes) is 1. The molecule has 2 rings (SSSR count). The molecule has 0 fully saturated rings. The minimum atomic E-state index is -0.329. The Morgan fingerprint density at radius 3 is 2.44 bits per heavy atom. The number of benzene rings is 2. The second-order valence-corrected chi connectivity index (χ2v) is 8.31. The molecular formula is C20H22Cl2N2O2S. The quantitative estimate of drug-likeness (QED) is 0.492. The summed E-state index contributed by atoms with van der Waals surface area (Å²) in [6, 6.07) is 12.4. The van der Waals surface area contributed by atoms with E-state index in [0.717, 1.165) is 23.4 Å². The van der Waals surface area contributed by atoms with Gasteiger partial charge in [0.05, 0.1) is 16.0 Å². The largest absolute Gasteiger partial charge is 0.326 e. The molecule has 0 heterocycles. The van der Waals surface area contributed by atoms with Crippen LogP contribution in [0.2, 0.25) is 10.0 Å². The van der Waals surface area contributed by atoms with Crippen LogP contribution in [0.3, 0.4) is 0 Å². The second-order valence-electron chi connectivity index (χ2n) is 6.05. The molecule has 7 heteroatoms. The van der Waals surface area contributed by atoms with E-state index in [4.69, 9.17) is 23.2 Å². The third kappa shape index (κ3) is 7.09. The van der Waals surface area contributed by atoms with Gasteiger partial charge in [0.1, 0.15) is 0 Å². The van der Waals surface area contributed by atoms with Crippen LogP contribution >= 0.6 is 35.0 Å². The Balaban J connectivity index is 1.91. The Morgan fingerprint density at radius 1 is 1.07 bits per heavy atom. The highest BCUT2D eigenvalue weighted by atomic mass is 35.5. The lowest BCUT2D eigenvalue weighted by Crippen LogP contribution is -2.22. The van der Waals surface area contributed by atoms with E-state index in [1.807, 2.05) is 31.2 Å². The molecule has 0 aliphatic rings. The number of carbonyl (C=O) groups is 2. The predicted octanol–water partition coefficient (Wildman–Crippen LogP) is 6.24. The number of thioether (sulfide) groups is 1. The molecule has 2 amide bonds. The van der Waals surface area contributed by atoms with Crippen LogP contribution in [-0.2, 0) is 9.59 Å². The van der Waals surface area contributed by atoms with Gasteiger partial charge in [0.2, 0.25) is 11.8 Å². The Bertz CT molecular complexity index is 797. The van der Waals surface area contributed by atoms with E-state index in [-0.39, 0.29) is 17.1 Å². The zero-order valence-electron chi connectivity index (χ0n) is 15.2. The van der Waals surface area contributed by atoms with Gasteiger partial charge >= 0.3 is 0 Å². The number of anilines is 2. The normalized spacial score (nSPS) is 11.7. The second kappa shape index (κ2) is 10.6. The van der Waals surface area contributed by atoms with Crippen molar-refractivity contribution in [2.45, 2.75) is 43.3 Å². The van der Waals surface area contributed by atoms with Gasteiger partial charge < -0.3 is 10.6 Å². The van der Waals surface area contributed by atoms with Crippen LogP contribution in [0, 0.1) is 0 Å². The van der Waals surface area contributed by atoms with Crippen molar-refractivity contribution < 1.29 is 9.59 Å². The molecule has 4 nitrogen and oxygen atoms in total. The fraction of sp³-hybridized carbons (Fsp3) is 0.300. The van der Waals surface area contributed by atoms with E-state index in [1.165, 1.54) is 11.8 Å². The Labute approximate surface area is 174 Å². The fourth-order valence-electron chi connectivity index (χ4n) is 2.26. The van der Waals surface area contributed by atoms with Crippen molar-refractivity contribution in [3.05, 3.63) is 52.5 Å². The first-order valence-corrected chi connectivity index (χ1v) is 10.3. The molecule has 144 valence electrons. The summed E-state index contributed by atoms with van der Waals surface area (Å²) < 4.78 is 0. The summed E-state index contributed by atoms with van der Waals surface area (Å²) in [5.41, 5.74) is 1.25. The smallest absolute Gasteiger partial charge is 0.237 e. The molecule has 0 aliphatic heterocycles. The highest BCUT2D eigenvalue weighted by Gasteiger charge is 2.16. The topological polar surface area (TPSA) is 58.2 Å². The Morgan fingerprint density at radius 2 is 1.78 bits per heavy atom. The maximum atomic E-state index is 12.4. The van der Waals surface area contributed by atoms with Crippen LogP contribution in [0.15, 0.2) is 47.4 Å². The average molecular weight is 425 g/mol. The average Bonchev–Trinajstić information content (AvgIpc) is 2.64. The van der Waals surface area contributed by atoms with Crippen LogP contribution < -0.4 is 10.6 Å². The Kier molecular flexibility index (Phi) is 8.48. The molecule has 2 aromatic carbocycles. The highest BCUT2D eigenvalue weighted by Crippen LogP contribution is 2.28. The van der Waals surface area contributed by atoms with Gasteiger partial charge in [0.15, 0.2) is 0 Å². The van der Waals surface area contributed by atoms with Gasteiger partial charge in [-0.15, -0.1) is 11.8 Å². The monoisotopic (exact) mass is 424 g/mol. The maximum Gasteiger partial charge on any atom is 0.237 e. The number of amides is 2. The van der Waals surface area contributed by atoms with Gasteiger partial charge in [0.25, 0.3) is 0 Å². The van der Waals surface area contributed by atoms with E-state index >= 15 is 0 Å². The van der Waals surface area contributed by atoms with E-state index in [9.17, 15) is 9.59 Å². The molecule has 2 N–H and O–H groups in total. The third-order valence-corrected chi connectivity index (χ3v) is 5.44. The molecule has 0 saturated heterocycles. The molecule has 2 aromatic rings. The number of hydrogen-bond donors (Lipinski definition) is 2. The fourth-order valence-corrected chi connectivity index (χ4v) is 3.47. The summed E-state index contributed by atoms with van der Waals surface area (Å²) in [6.45, 7) is 3.87. The number of halogens is 2. The predicted molar refractivity (Wildman–Crippen MR) is 115 cm³/mol. The summed E-state index contributed by atoms with van der Waals surface area (Å²) in [6.07, 6.45) is 2.39. The molecule has 27 heavy (non-hydrogen) atoms. The van der Waals surface area contributed by atoms with Gasteiger partial charge in [-0.1, -0.05) is 36.5 Å². The highest BCUT2D eigenvalue weighted by molar-refractivity contribution is 8.00. The van der Waals surface area contributed by atoms with Crippen LogP contribution in [0.4, 0.5) is 11.4 Å². The SMILES string of the molecule is CCCCC(=O)Nc1ccc(SC(C)C(=O)Nc2cc(Cl)ccc2Cl)cc1. The van der Waals surface area contributed by atoms with Gasteiger partial charge in [-0.2, -0.15) is 0 Å². The molecular weight excluding hydrogens is 403 g/mol. The first-order valence-electron chi connectivity index (χ1n) is 8.71. The van der Waals surface area contributed by atoms with Crippen molar-refractivity contribution in [3.8, 4) is 0 Å². The molecule has 0 saturated carbocycles. The van der Waals surface area contributed by atoms with Crippen molar-refractivity contribution in [1.82, 2.24) is 0 Å². The maximum absolute atomic E-state index is 12.4. The zero-order valence-corrected chi connectivity index (χ0v) is 17.5. The molecule has 0 aromatic heterocycles. The summed E-state index contributed by atoms with van der Waals surface area (Å²) in [4.78, 5) is 25.1. The van der Waals surface area contributed by atoms with Crippen molar-refractivity contribution in [3.63, 3.8) is 0 Å². The lowest BCUT2D eigenvalue weighted by molar-refractivity contribution is -0.116. The standard InChI is InChI=1S/C20H22Cl2N2O2S/c1-3-4-5-19(25)23-15-7-9-16(10-8-15)27-13(2)20(26)24-18-12-14(21)6-11-17(18)22/h6-13H,3-5H2,1-2H3,(H,23,25)(H,24,26). The van der Waals surface area contributed by atoms with Crippen molar-refractivity contribution in [1.29, 1.82) is 0 Å². The summed E-state index contributed by atoms with van der Waals surface area (Å²) in [7, 11) is 0. The van der Waals surface area contributed by atoms with Crippen molar-refractivity contribution in [2.75, 3.05) is 10.6 Å². The number of nitrogens with one attached hydrogen (secondary N) is 2. The minimum absolute atomic E-state index is 0.0170. The van der Waals surface area contributed by atoms with Crippen molar-refractivity contribution in [2.24, 2.45) is 0 Å². The van der Waals surface area contributed by atoms with Crippen LogP contribution in [0.1, 0.15) is 33.1 Å². The van der Waals surface area contributed by atoms with Gasteiger partial charge in [-0.05, 0) is 55.8 Å². The molecule has 0 spiro atoms. The van der Waals surface area contributed by atoms with Gasteiger partial charge in [0, 0.05) is 22.0 Å². The van der Waals surface area contributed by atoms with E-state index < -0.39 is 0 Å². The number of carbonyl (C=O) groups excluding carboxylic acids is 2. The number of hydrogen-bond acceptors (Lipinski definition) is 3. The summed E-state index contributed by atoms with van der Waals surface area (Å²) in [5.74, 6) is -0.149. The first kappa shape index (κ1) is 21.6. The van der Waals surface area contributed by atoms with Gasteiger partial charge in [-0.3, -0.25) is 9.59 Å². The lowest BCUT2D eigenvalue weighted by atomic mass is 10.2. The lowest BCUT2D eigenvalue weighted by Gasteiger charge is -2.13. The third-order valence-electron chi connectivity index (χ3n) is 3.76. The van der Waals surface area contributed by atoms with E-state index in [2.05, 4.69) is 17.6 Å². The van der Waals surface area contributed by atoms with Crippen LogP contribution in [0.25, 0.3) is 0 Å². The Hall–Kier alpha value is -1.69.